The van der Waals surface area contributed by atoms with Crippen molar-refractivity contribution in [3.63, 3.8) is 0 Å². The topological polar surface area (TPSA) is 57.4 Å². The molecule has 0 bridgehead atoms. The van der Waals surface area contributed by atoms with E-state index in [4.69, 9.17) is 24.4 Å². The molecule has 0 saturated carbocycles. The van der Waals surface area contributed by atoms with Crippen LogP contribution >= 0.6 is 24.4 Å². The maximum Gasteiger partial charge on any atom is 0.177 e. The Morgan fingerprint density at radius 3 is 2.00 bits per heavy atom. The van der Waals surface area contributed by atoms with Crippen molar-refractivity contribution in [2.75, 3.05) is 0 Å². The SMILES string of the molecule is S=c1[nH]c(=S)c2c(-c3ccccc3)c(-c3ccccc3)nnc2[nH]1. The molecule has 0 unspecified atom stereocenters. The largest absolute Gasteiger partial charge is 0.323 e. The highest BCUT2D eigenvalue weighted by atomic mass is 32.1. The van der Waals surface area contributed by atoms with E-state index >= 15 is 0 Å². The van der Waals surface area contributed by atoms with E-state index in [1.807, 2.05) is 60.7 Å². The van der Waals surface area contributed by atoms with Gasteiger partial charge < -0.3 is 9.97 Å². The Kier molecular flexibility index (Phi) is 3.76. The summed E-state index contributed by atoms with van der Waals surface area (Å²) in [5, 5.41) is 9.57. The molecule has 0 aliphatic rings. The number of H-pyrrole nitrogens is 2. The van der Waals surface area contributed by atoms with E-state index in [0.717, 1.165) is 27.8 Å². The molecular weight excluding hydrogens is 336 g/mol. The molecule has 0 amide bonds. The summed E-state index contributed by atoms with van der Waals surface area (Å²) >= 11 is 10.7. The van der Waals surface area contributed by atoms with Crippen molar-refractivity contribution in [2.24, 2.45) is 0 Å². The summed E-state index contributed by atoms with van der Waals surface area (Å²) < 4.78 is 0.993. The molecule has 4 nitrogen and oxygen atoms in total. The van der Waals surface area contributed by atoms with Gasteiger partial charge in [0.15, 0.2) is 10.4 Å². The van der Waals surface area contributed by atoms with Crippen LogP contribution in [0, 0.1) is 9.41 Å². The minimum atomic E-state index is 0.438. The van der Waals surface area contributed by atoms with E-state index in [9.17, 15) is 0 Å². The van der Waals surface area contributed by atoms with Crippen molar-refractivity contribution in [1.82, 2.24) is 20.2 Å². The molecule has 0 saturated heterocycles. The first-order chi connectivity index (χ1) is 11.7. The van der Waals surface area contributed by atoms with Crippen molar-refractivity contribution in [2.45, 2.75) is 0 Å². The highest BCUT2D eigenvalue weighted by Gasteiger charge is 2.16. The Bertz CT molecular complexity index is 1130. The summed E-state index contributed by atoms with van der Waals surface area (Å²) in [4.78, 5) is 6.05. The lowest BCUT2D eigenvalue weighted by Gasteiger charge is -2.12. The first-order valence-corrected chi connectivity index (χ1v) is 8.19. The van der Waals surface area contributed by atoms with Crippen LogP contribution in [0.1, 0.15) is 0 Å². The molecule has 116 valence electrons. The lowest BCUT2D eigenvalue weighted by Crippen LogP contribution is -1.99. The van der Waals surface area contributed by atoms with Gasteiger partial charge in [-0.3, -0.25) is 0 Å². The van der Waals surface area contributed by atoms with Crippen molar-refractivity contribution >= 4 is 35.5 Å². The molecular formula is C18H12N4S2. The fourth-order valence-corrected chi connectivity index (χ4v) is 3.30. The molecule has 2 aromatic heterocycles. The molecule has 2 aromatic carbocycles. The second-order valence-corrected chi connectivity index (χ2v) is 6.10. The number of hydrogen-bond donors (Lipinski definition) is 2. The number of nitrogens with one attached hydrogen (secondary N) is 2. The van der Waals surface area contributed by atoms with Gasteiger partial charge in [0, 0.05) is 11.1 Å². The van der Waals surface area contributed by atoms with Gasteiger partial charge in [-0.2, -0.15) is 0 Å². The molecule has 0 aliphatic heterocycles. The molecule has 24 heavy (non-hydrogen) atoms. The zero-order chi connectivity index (χ0) is 16.5. The third-order valence-electron chi connectivity index (χ3n) is 3.77. The average molecular weight is 348 g/mol. The van der Waals surface area contributed by atoms with Gasteiger partial charge in [0.2, 0.25) is 0 Å². The Morgan fingerprint density at radius 1 is 0.708 bits per heavy atom. The summed E-state index contributed by atoms with van der Waals surface area (Å²) in [5.74, 6) is 0. The van der Waals surface area contributed by atoms with E-state index in [1.54, 1.807) is 0 Å². The van der Waals surface area contributed by atoms with Crippen LogP contribution in [0.4, 0.5) is 0 Å². The van der Waals surface area contributed by atoms with E-state index in [2.05, 4.69) is 20.2 Å². The lowest BCUT2D eigenvalue weighted by molar-refractivity contribution is 1.03. The molecule has 0 atom stereocenters. The van der Waals surface area contributed by atoms with Gasteiger partial charge in [0.05, 0.1) is 5.39 Å². The second-order valence-electron chi connectivity index (χ2n) is 5.29. The normalized spacial score (nSPS) is 10.8. The van der Waals surface area contributed by atoms with Gasteiger partial charge in [-0.25, -0.2) is 0 Å². The first-order valence-electron chi connectivity index (χ1n) is 7.38. The molecule has 0 radical (unpaired) electrons. The molecule has 0 aliphatic carbocycles. The summed E-state index contributed by atoms with van der Waals surface area (Å²) in [6, 6.07) is 20.0. The molecule has 4 rings (SSSR count). The first kappa shape index (κ1) is 14.9. The Morgan fingerprint density at radius 2 is 1.33 bits per heavy atom. The summed E-state index contributed by atoms with van der Waals surface area (Å²) in [7, 11) is 0. The van der Waals surface area contributed by atoms with Crippen molar-refractivity contribution in [3.8, 4) is 22.4 Å². The third kappa shape index (κ3) is 2.55. The molecule has 0 fully saturated rings. The maximum atomic E-state index is 5.53. The highest BCUT2D eigenvalue weighted by molar-refractivity contribution is 7.72. The predicted molar refractivity (Wildman–Crippen MR) is 101 cm³/mol. The van der Waals surface area contributed by atoms with Crippen LogP contribution in [0.15, 0.2) is 60.7 Å². The average Bonchev–Trinajstić information content (AvgIpc) is 2.62. The fraction of sp³-hybridized carbons (Fsp3) is 0. The van der Waals surface area contributed by atoms with Crippen LogP contribution in [0.5, 0.6) is 0 Å². The zero-order valence-corrected chi connectivity index (χ0v) is 14.1. The quantitative estimate of drug-likeness (QED) is 0.496. The number of nitrogens with zero attached hydrogens (tertiary/aromatic N) is 2. The standard InChI is InChI=1S/C18H12N4S2/c23-17-14-13(11-7-3-1-4-8-11)15(12-9-5-2-6-10-12)21-22-16(14)19-18(24)20-17/h1-10H,(H2,19,20,22,23,24). The van der Waals surface area contributed by atoms with Gasteiger partial charge >= 0.3 is 0 Å². The number of fused-ring (bicyclic) bond motifs is 1. The Labute approximate surface area is 148 Å². The maximum absolute atomic E-state index is 5.53. The smallest absolute Gasteiger partial charge is 0.177 e. The number of benzene rings is 2. The van der Waals surface area contributed by atoms with E-state index < -0.39 is 0 Å². The third-order valence-corrected chi connectivity index (χ3v) is 4.28. The fourth-order valence-electron chi connectivity index (χ4n) is 2.73. The lowest BCUT2D eigenvalue weighted by atomic mass is 9.97. The van der Waals surface area contributed by atoms with E-state index in [0.29, 0.717) is 15.1 Å². The Balaban J connectivity index is 2.18. The summed E-state index contributed by atoms with van der Waals surface area (Å²) in [6.07, 6.45) is 0. The van der Waals surface area contributed by atoms with Gasteiger partial charge in [0.25, 0.3) is 0 Å². The number of aromatic nitrogens is 4. The summed E-state index contributed by atoms with van der Waals surface area (Å²) in [5.41, 5.74) is 4.34. The number of rotatable bonds is 2. The predicted octanol–water partition coefficient (Wildman–Crippen LogP) is 5.08. The van der Waals surface area contributed by atoms with E-state index in [-0.39, 0.29) is 0 Å². The summed E-state index contributed by atoms with van der Waals surface area (Å²) in [6.45, 7) is 0. The molecule has 0 spiro atoms. The minimum Gasteiger partial charge on any atom is -0.323 e. The van der Waals surface area contributed by atoms with Crippen molar-refractivity contribution < 1.29 is 0 Å². The zero-order valence-electron chi connectivity index (χ0n) is 12.5. The van der Waals surface area contributed by atoms with Gasteiger partial charge in [-0.1, -0.05) is 72.9 Å². The molecule has 6 heteroatoms. The molecule has 2 heterocycles. The number of aromatic amines is 2. The van der Waals surface area contributed by atoms with Crippen molar-refractivity contribution in [1.29, 1.82) is 0 Å². The van der Waals surface area contributed by atoms with Gasteiger partial charge in [-0.05, 0) is 17.8 Å². The molecule has 4 aromatic rings. The van der Waals surface area contributed by atoms with Gasteiger partial charge in [0.1, 0.15) is 10.3 Å². The van der Waals surface area contributed by atoms with Crippen molar-refractivity contribution in [3.05, 3.63) is 70.1 Å². The van der Waals surface area contributed by atoms with Crippen LogP contribution in [0.3, 0.4) is 0 Å². The van der Waals surface area contributed by atoms with Gasteiger partial charge in [-0.15, -0.1) is 10.2 Å². The highest BCUT2D eigenvalue weighted by Crippen LogP contribution is 2.35. The second kappa shape index (κ2) is 6.07. The van der Waals surface area contributed by atoms with Crippen LogP contribution in [-0.4, -0.2) is 20.2 Å². The van der Waals surface area contributed by atoms with E-state index in [1.165, 1.54) is 0 Å². The van der Waals surface area contributed by atoms with Crippen LogP contribution in [0.2, 0.25) is 0 Å². The minimum absolute atomic E-state index is 0.438. The van der Waals surface area contributed by atoms with Crippen LogP contribution < -0.4 is 0 Å². The van der Waals surface area contributed by atoms with Crippen LogP contribution in [0.25, 0.3) is 33.4 Å². The molecule has 2 N–H and O–H groups in total. The van der Waals surface area contributed by atoms with Crippen LogP contribution in [-0.2, 0) is 0 Å². The monoisotopic (exact) mass is 348 g/mol. The number of hydrogen-bond acceptors (Lipinski definition) is 4. The Hall–Kier alpha value is -2.70.